The van der Waals surface area contributed by atoms with Crippen LogP contribution in [0.1, 0.15) is 46.0 Å². The van der Waals surface area contributed by atoms with E-state index in [0.29, 0.717) is 22.4 Å². The second kappa shape index (κ2) is 8.70. The number of non-ortho nitro benzene ring substituents is 1. The van der Waals surface area contributed by atoms with E-state index in [4.69, 9.17) is 4.74 Å². The first-order valence-corrected chi connectivity index (χ1v) is 10.4. The zero-order valence-corrected chi connectivity index (χ0v) is 18.0. The van der Waals surface area contributed by atoms with E-state index >= 15 is 0 Å². The molecule has 0 spiro atoms. The Morgan fingerprint density at radius 2 is 1.79 bits per heavy atom. The Morgan fingerprint density at radius 1 is 1.12 bits per heavy atom. The number of amides is 2. The minimum atomic E-state index is -0.643. The van der Waals surface area contributed by atoms with Gasteiger partial charge in [0.05, 0.1) is 34.8 Å². The highest BCUT2D eigenvalue weighted by molar-refractivity contribution is 6.21. The molecule has 2 aliphatic heterocycles. The number of nitro benzene ring substituents is 1. The normalized spacial score (nSPS) is 17.5. The first-order valence-electron chi connectivity index (χ1n) is 10.4. The summed E-state index contributed by atoms with van der Waals surface area (Å²) in [5, 5.41) is 14.3. The van der Waals surface area contributed by atoms with Crippen LogP contribution in [0.25, 0.3) is 0 Å². The number of nitrogens with zero attached hydrogens (tertiary/aromatic N) is 2. The van der Waals surface area contributed by atoms with Gasteiger partial charge in [0.25, 0.3) is 17.5 Å². The third kappa shape index (κ3) is 3.89. The molecule has 1 atom stereocenters. The minimum Gasteiger partial charge on any atom is -0.463 e. The molecule has 168 valence electrons. The van der Waals surface area contributed by atoms with E-state index in [0.717, 1.165) is 10.5 Å². The highest BCUT2D eigenvalue weighted by Crippen LogP contribution is 2.38. The Bertz CT molecular complexity index is 1210. The first-order chi connectivity index (χ1) is 15.8. The molecule has 2 aromatic rings. The van der Waals surface area contributed by atoms with Crippen LogP contribution >= 0.6 is 0 Å². The largest absolute Gasteiger partial charge is 0.463 e. The van der Waals surface area contributed by atoms with E-state index in [1.165, 1.54) is 12.1 Å². The van der Waals surface area contributed by atoms with Gasteiger partial charge >= 0.3 is 5.97 Å². The monoisotopic (exact) mass is 447 g/mol. The van der Waals surface area contributed by atoms with E-state index in [-0.39, 0.29) is 24.4 Å². The van der Waals surface area contributed by atoms with Crippen molar-refractivity contribution < 1.29 is 24.0 Å². The third-order valence-electron chi connectivity index (χ3n) is 5.65. The van der Waals surface area contributed by atoms with Crippen LogP contribution < -0.4 is 5.32 Å². The van der Waals surface area contributed by atoms with Gasteiger partial charge in [0, 0.05) is 29.9 Å². The lowest BCUT2D eigenvalue weighted by atomic mass is 9.82. The van der Waals surface area contributed by atoms with E-state index < -0.39 is 28.6 Å². The average molecular weight is 447 g/mol. The van der Waals surface area contributed by atoms with Gasteiger partial charge in [-0.3, -0.25) is 24.6 Å². The van der Waals surface area contributed by atoms with Crippen molar-refractivity contribution in [2.45, 2.75) is 19.8 Å². The van der Waals surface area contributed by atoms with Gasteiger partial charge in [0.1, 0.15) is 0 Å². The Kier molecular flexibility index (Phi) is 5.78. The molecule has 4 rings (SSSR count). The van der Waals surface area contributed by atoms with Crippen LogP contribution in [0.4, 0.5) is 5.69 Å². The lowest BCUT2D eigenvalue weighted by Gasteiger charge is -2.29. The van der Waals surface area contributed by atoms with Gasteiger partial charge in [-0.25, -0.2) is 4.79 Å². The van der Waals surface area contributed by atoms with Crippen molar-refractivity contribution in [2.75, 3.05) is 13.2 Å². The molecule has 0 saturated carbocycles. The van der Waals surface area contributed by atoms with E-state index in [1.54, 1.807) is 56.4 Å². The number of fused-ring (bicyclic) bond motifs is 1. The van der Waals surface area contributed by atoms with Crippen LogP contribution in [0.5, 0.6) is 0 Å². The summed E-state index contributed by atoms with van der Waals surface area (Å²) in [5.74, 6) is -2.17. The fraction of sp³-hybridized carbons (Fsp3) is 0.208. The van der Waals surface area contributed by atoms with Crippen molar-refractivity contribution in [3.63, 3.8) is 0 Å². The number of ether oxygens (including phenoxy) is 1. The van der Waals surface area contributed by atoms with Crippen molar-refractivity contribution in [1.29, 1.82) is 0 Å². The van der Waals surface area contributed by atoms with Crippen molar-refractivity contribution in [3.8, 4) is 0 Å². The van der Waals surface area contributed by atoms with Crippen LogP contribution in [0.3, 0.4) is 0 Å². The van der Waals surface area contributed by atoms with Crippen LogP contribution in [0.2, 0.25) is 0 Å². The maximum atomic E-state index is 13.0. The fourth-order valence-corrected chi connectivity index (χ4v) is 4.13. The van der Waals surface area contributed by atoms with E-state index in [9.17, 15) is 24.5 Å². The number of imide groups is 1. The molecule has 0 fully saturated rings. The minimum absolute atomic E-state index is 0.107. The molecule has 1 unspecified atom stereocenters. The molecule has 9 nitrogen and oxygen atoms in total. The van der Waals surface area contributed by atoms with Gasteiger partial charge in [-0.1, -0.05) is 24.3 Å². The molecular formula is C24H21N3O6. The zero-order valence-electron chi connectivity index (χ0n) is 18.0. The fourth-order valence-electron chi connectivity index (χ4n) is 4.13. The van der Waals surface area contributed by atoms with Crippen molar-refractivity contribution >= 4 is 23.5 Å². The predicted octanol–water partition coefficient (Wildman–Crippen LogP) is 3.30. The first kappa shape index (κ1) is 21.9. The topological polar surface area (TPSA) is 119 Å². The van der Waals surface area contributed by atoms with Gasteiger partial charge in [0.2, 0.25) is 0 Å². The maximum absolute atomic E-state index is 13.0. The summed E-state index contributed by atoms with van der Waals surface area (Å²) in [5.41, 5.74) is 2.28. The number of rotatable bonds is 6. The van der Waals surface area contributed by atoms with E-state index in [2.05, 4.69) is 5.32 Å². The number of hydrogen-bond donors (Lipinski definition) is 1. The molecule has 9 heteroatoms. The molecule has 0 saturated heterocycles. The number of benzene rings is 2. The predicted molar refractivity (Wildman–Crippen MR) is 118 cm³/mol. The molecule has 1 N–H and O–H groups in total. The Balaban J connectivity index is 1.78. The second-order valence-corrected chi connectivity index (χ2v) is 7.67. The summed E-state index contributed by atoms with van der Waals surface area (Å²) in [6.07, 6.45) is 1.67. The summed E-state index contributed by atoms with van der Waals surface area (Å²) in [6.45, 7) is 3.40. The van der Waals surface area contributed by atoms with Crippen LogP contribution in [-0.2, 0) is 9.53 Å². The van der Waals surface area contributed by atoms with Gasteiger partial charge in [-0.05, 0) is 37.1 Å². The smallest absolute Gasteiger partial charge is 0.336 e. The van der Waals surface area contributed by atoms with Crippen molar-refractivity contribution in [1.82, 2.24) is 10.2 Å². The maximum Gasteiger partial charge on any atom is 0.336 e. The molecule has 2 aliphatic rings. The quantitative estimate of drug-likeness (QED) is 0.312. The van der Waals surface area contributed by atoms with Crippen molar-refractivity contribution in [2.24, 2.45) is 0 Å². The van der Waals surface area contributed by atoms with Gasteiger partial charge in [-0.15, -0.1) is 0 Å². The molecule has 33 heavy (non-hydrogen) atoms. The molecule has 2 heterocycles. The molecule has 0 aromatic heterocycles. The lowest BCUT2D eigenvalue weighted by Crippen LogP contribution is -2.37. The summed E-state index contributed by atoms with van der Waals surface area (Å²) in [4.78, 5) is 50.7. The Labute approximate surface area is 189 Å². The number of dihydropyridines is 1. The summed E-state index contributed by atoms with van der Waals surface area (Å²) in [7, 11) is 0. The SMILES string of the molecule is CCOC(=O)C1=C(CN2C(=O)c3ccccc3C2=O)NC=C(C)C1c1cccc([N+](=O)[O-])c1. The number of nitro groups is 1. The van der Waals surface area contributed by atoms with Gasteiger partial charge < -0.3 is 10.1 Å². The molecule has 2 aromatic carbocycles. The highest BCUT2D eigenvalue weighted by Gasteiger charge is 2.38. The number of allylic oxidation sites excluding steroid dienone is 1. The molecule has 2 amide bonds. The molecule has 0 radical (unpaired) electrons. The summed E-state index contributed by atoms with van der Waals surface area (Å²) >= 11 is 0. The summed E-state index contributed by atoms with van der Waals surface area (Å²) < 4.78 is 5.28. The third-order valence-corrected chi connectivity index (χ3v) is 5.65. The second-order valence-electron chi connectivity index (χ2n) is 7.67. The van der Waals surface area contributed by atoms with Crippen LogP contribution in [0, 0.1) is 10.1 Å². The number of esters is 1. The number of carbonyl (C=O) groups is 3. The summed E-state index contributed by atoms with van der Waals surface area (Å²) in [6, 6.07) is 12.6. The lowest BCUT2D eigenvalue weighted by molar-refractivity contribution is -0.384. The highest BCUT2D eigenvalue weighted by atomic mass is 16.6. The Hall–Kier alpha value is -4.27. The van der Waals surface area contributed by atoms with E-state index in [1.807, 2.05) is 0 Å². The van der Waals surface area contributed by atoms with Crippen LogP contribution in [-0.4, -0.2) is 40.8 Å². The Morgan fingerprint density at radius 3 is 2.39 bits per heavy atom. The van der Waals surface area contributed by atoms with Crippen molar-refractivity contribution in [3.05, 3.63) is 98.4 Å². The van der Waals surface area contributed by atoms with Crippen LogP contribution in [0.15, 0.2) is 71.6 Å². The number of hydrogen-bond acceptors (Lipinski definition) is 7. The molecule has 0 aliphatic carbocycles. The standard InChI is InChI=1S/C24H21N3O6/c1-3-33-24(30)21-19(13-26-22(28)17-9-4-5-10-18(17)23(26)29)25-12-14(2)20(21)15-7-6-8-16(11-15)27(31)32/h4-12,20,25H,3,13H2,1-2H3. The number of carbonyl (C=O) groups excluding carboxylic acids is 3. The average Bonchev–Trinajstić information content (AvgIpc) is 3.05. The molecule has 0 bridgehead atoms. The van der Waals surface area contributed by atoms with Gasteiger partial charge in [0.15, 0.2) is 0 Å². The molecular weight excluding hydrogens is 426 g/mol. The zero-order chi connectivity index (χ0) is 23.7. The number of nitrogens with one attached hydrogen (secondary N) is 1. The van der Waals surface area contributed by atoms with Gasteiger partial charge in [-0.2, -0.15) is 0 Å².